The Morgan fingerprint density at radius 3 is 3.00 bits per heavy atom. The number of aliphatic hydroxyl groups excluding tert-OH is 2. The fraction of sp³-hybridized carbons (Fsp3) is 0.364. The van der Waals surface area contributed by atoms with E-state index in [0.29, 0.717) is 5.65 Å². The molecule has 3 N–H and O–H groups in total. The van der Waals surface area contributed by atoms with Gasteiger partial charge in [0.05, 0.1) is 22.6 Å². The lowest BCUT2D eigenvalue weighted by molar-refractivity contribution is -0.383. The molecule has 0 saturated heterocycles. The second-order valence-electron chi connectivity index (χ2n) is 4.35. The van der Waals surface area contributed by atoms with Crippen LogP contribution in [0.15, 0.2) is 23.6 Å². The van der Waals surface area contributed by atoms with E-state index in [9.17, 15) is 20.3 Å². The van der Waals surface area contributed by atoms with E-state index in [-0.39, 0.29) is 29.6 Å². The van der Waals surface area contributed by atoms with Crippen LogP contribution >= 0.6 is 0 Å². The van der Waals surface area contributed by atoms with Crippen LogP contribution in [0.2, 0.25) is 0 Å². The van der Waals surface area contributed by atoms with Gasteiger partial charge in [-0.15, -0.1) is 0 Å². The number of rotatable bonds is 6. The number of hydrogen-bond donors (Lipinski definition) is 3. The maximum absolute atomic E-state index is 10.9. The normalized spacial score (nSPS) is 13.6. The third-order valence-corrected chi connectivity index (χ3v) is 3.02. The van der Waals surface area contributed by atoms with Crippen molar-refractivity contribution in [2.45, 2.75) is 18.6 Å². The van der Waals surface area contributed by atoms with Gasteiger partial charge < -0.3 is 15.2 Å². The van der Waals surface area contributed by atoms with Crippen molar-refractivity contribution in [3.8, 4) is 0 Å². The number of aromatic nitrogens is 2. The minimum absolute atomic E-state index is 0.0364. The van der Waals surface area contributed by atoms with Crippen LogP contribution in [0.1, 0.15) is 18.1 Å². The summed E-state index contributed by atoms with van der Waals surface area (Å²) in [6.07, 6.45) is 0.173. The van der Waals surface area contributed by atoms with Crippen LogP contribution < -0.4 is 0 Å². The Hall–Kier alpha value is -2.68. The standard InChI is InChI=1S/C11H12N6O4/c12-16-15-2-1-9(18)10(19)6-3-7-8(17(20)21)5-14-11(7)13-4-6/h3-5,9-10,18-19H,1-2H2,(H,13,14). The largest absolute Gasteiger partial charge is 0.390 e. The number of aliphatic hydroxyl groups is 2. The van der Waals surface area contributed by atoms with E-state index in [1.54, 1.807) is 0 Å². The molecule has 0 fully saturated rings. The molecule has 0 saturated carbocycles. The van der Waals surface area contributed by atoms with Crippen molar-refractivity contribution >= 4 is 16.7 Å². The zero-order valence-corrected chi connectivity index (χ0v) is 10.7. The van der Waals surface area contributed by atoms with Gasteiger partial charge >= 0.3 is 0 Å². The Morgan fingerprint density at radius 1 is 1.57 bits per heavy atom. The molecule has 0 radical (unpaired) electrons. The maximum Gasteiger partial charge on any atom is 0.296 e. The van der Waals surface area contributed by atoms with Crippen molar-refractivity contribution in [3.05, 3.63) is 44.6 Å². The van der Waals surface area contributed by atoms with Crippen LogP contribution in [0.5, 0.6) is 0 Å². The van der Waals surface area contributed by atoms with Gasteiger partial charge in [0.25, 0.3) is 5.69 Å². The van der Waals surface area contributed by atoms with Crippen LogP contribution in [-0.4, -0.2) is 37.8 Å². The number of nitrogens with zero attached hydrogens (tertiary/aromatic N) is 5. The minimum Gasteiger partial charge on any atom is -0.390 e. The lowest BCUT2D eigenvalue weighted by Crippen LogP contribution is -2.19. The summed E-state index contributed by atoms with van der Waals surface area (Å²) < 4.78 is 0. The molecule has 0 aliphatic rings. The molecule has 2 aromatic heterocycles. The van der Waals surface area contributed by atoms with Crippen molar-refractivity contribution in [2.75, 3.05) is 6.54 Å². The Balaban J connectivity index is 2.26. The highest BCUT2D eigenvalue weighted by atomic mass is 16.6. The molecular formula is C11H12N6O4. The molecule has 10 nitrogen and oxygen atoms in total. The van der Waals surface area contributed by atoms with Crippen LogP contribution in [0.3, 0.4) is 0 Å². The number of hydrogen-bond acceptors (Lipinski definition) is 6. The number of nitrogens with one attached hydrogen (secondary N) is 1. The van der Waals surface area contributed by atoms with E-state index in [1.807, 2.05) is 0 Å². The second-order valence-corrected chi connectivity index (χ2v) is 4.35. The Bertz CT molecular complexity index is 708. The number of azide groups is 1. The molecule has 110 valence electrons. The molecule has 0 amide bonds. The van der Waals surface area contributed by atoms with Gasteiger partial charge in [-0.05, 0) is 18.0 Å². The van der Waals surface area contributed by atoms with Gasteiger partial charge in [-0.25, -0.2) is 4.98 Å². The number of nitro groups is 1. The summed E-state index contributed by atoms with van der Waals surface area (Å²) in [6.45, 7) is 0.0364. The lowest BCUT2D eigenvalue weighted by Gasteiger charge is -2.16. The average molecular weight is 292 g/mol. The first-order valence-electron chi connectivity index (χ1n) is 6.03. The molecule has 2 atom stereocenters. The van der Waals surface area contributed by atoms with E-state index in [1.165, 1.54) is 18.5 Å². The molecule has 0 spiro atoms. The van der Waals surface area contributed by atoms with E-state index < -0.39 is 17.1 Å². The van der Waals surface area contributed by atoms with E-state index in [2.05, 4.69) is 20.0 Å². The Morgan fingerprint density at radius 2 is 2.33 bits per heavy atom. The molecule has 21 heavy (non-hydrogen) atoms. The quantitative estimate of drug-likeness (QED) is 0.241. The van der Waals surface area contributed by atoms with Gasteiger partial charge in [0.1, 0.15) is 11.8 Å². The highest BCUT2D eigenvalue weighted by Crippen LogP contribution is 2.27. The molecule has 2 aromatic rings. The molecule has 10 heteroatoms. The molecule has 0 aliphatic carbocycles. The summed E-state index contributed by atoms with van der Waals surface area (Å²) in [7, 11) is 0. The Kier molecular flexibility index (Phi) is 4.33. The summed E-state index contributed by atoms with van der Waals surface area (Å²) in [6, 6.07) is 1.40. The molecule has 0 bridgehead atoms. The first-order valence-corrected chi connectivity index (χ1v) is 6.03. The first-order chi connectivity index (χ1) is 10.0. The van der Waals surface area contributed by atoms with Gasteiger partial charge in [-0.3, -0.25) is 10.1 Å². The monoisotopic (exact) mass is 292 g/mol. The number of aromatic amines is 1. The number of pyridine rings is 1. The summed E-state index contributed by atoms with van der Waals surface area (Å²) in [5, 5.41) is 34.2. The van der Waals surface area contributed by atoms with Gasteiger partial charge in [0.2, 0.25) is 0 Å². The first kappa shape index (κ1) is 14.7. The van der Waals surface area contributed by atoms with Gasteiger partial charge in [-0.1, -0.05) is 5.11 Å². The molecule has 0 aromatic carbocycles. The molecule has 2 heterocycles. The van der Waals surface area contributed by atoms with Gasteiger partial charge in [-0.2, -0.15) is 0 Å². The molecular weight excluding hydrogens is 280 g/mol. The van der Waals surface area contributed by atoms with Gasteiger partial charge in [0, 0.05) is 23.2 Å². The minimum atomic E-state index is -1.27. The van der Waals surface area contributed by atoms with Crippen molar-refractivity contribution in [1.82, 2.24) is 9.97 Å². The fourth-order valence-electron chi connectivity index (χ4n) is 1.93. The fourth-order valence-corrected chi connectivity index (χ4v) is 1.93. The number of fused-ring (bicyclic) bond motifs is 1. The zero-order valence-electron chi connectivity index (χ0n) is 10.7. The van der Waals surface area contributed by atoms with Crippen LogP contribution in [0.4, 0.5) is 5.69 Å². The smallest absolute Gasteiger partial charge is 0.296 e. The molecule has 2 rings (SSSR count). The highest BCUT2D eigenvalue weighted by molar-refractivity contribution is 5.86. The van der Waals surface area contributed by atoms with E-state index in [4.69, 9.17) is 5.53 Å². The summed E-state index contributed by atoms with van der Waals surface area (Å²) in [5.74, 6) is 0. The zero-order chi connectivity index (χ0) is 15.4. The summed E-state index contributed by atoms with van der Waals surface area (Å²) >= 11 is 0. The lowest BCUT2D eigenvalue weighted by atomic mass is 10.0. The topological polar surface area (TPSA) is 161 Å². The summed E-state index contributed by atoms with van der Waals surface area (Å²) in [4.78, 5) is 19.5. The van der Waals surface area contributed by atoms with E-state index in [0.717, 1.165) is 0 Å². The van der Waals surface area contributed by atoms with Crippen molar-refractivity contribution < 1.29 is 15.1 Å². The predicted molar refractivity (Wildman–Crippen MR) is 72.3 cm³/mol. The Labute approximate surface area is 117 Å². The van der Waals surface area contributed by atoms with Gasteiger partial charge in [0.15, 0.2) is 0 Å². The molecule has 0 aliphatic heterocycles. The summed E-state index contributed by atoms with van der Waals surface area (Å²) in [5.41, 5.74) is 8.56. The highest BCUT2D eigenvalue weighted by Gasteiger charge is 2.21. The second kappa shape index (κ2) is 6.18. The van der Waals surface area contributed by atoms with Crippen molar-refractivity contribution in [1.29, 1.82) is 0 Å². The molecule has 2 unspecified atom stereocenters. The third-order valence-electron chi connectivity index (χ3n) is 3.02. The number of H-pyrrole nitrogens is 1. The van der Waals surface area contributed by atoms with Crippen LogP contribution in [-0.2, 0) is 0 Å². The van der Waals surface area contributed by atoms with Crippen molar-refractivity contribution in [2.24, 2.45) is 5.11 Å². The van der Waals surface area contributed by atoms with E-state index >= 15 is 0 Å². The third kappa shape index (κ3) is 3.08. The van der Waals surface area contributed by atoms with Crippen LogP contribution in [0.25, 0.3) is 21.5 Å². The predicted octanol–water partition coefficient (Wildman–Crippen LogP) is 1.57. The van der Waals surface area contributed by atoms with Crippen LogP contribution in [0, 0.1) is 10.1 Å². The SMILES string of the molecule is [N-]=[N+]=NCCC(O)C(O)c1cnc2[nH]cc([N+](=O)[O-])c2c1. The van der Waals surface area contributed by atoms with Crippen molar-refractivity contribution in [3.63, 3.8) is 0 Å². The maximum atomic E-state index is 10.9. The average Bonchev–Trinajstić information content (AvgIpc) is 2.89.